The molecular weight excluding hydrogens is 320 g/mol. The Morgan fingerprint density at radius 1 is 1.26 bits per heavy atom. The molecule has 2 aromatic rings. The van der Waals surface area contributed by atoms with Crippen molar-refractivity contribution in [3.05, 3.63) is 52.2 Å². The minimum absolute atomic E-state index is 0.541. The number of rotatable bonds is 7. The van der Waals surface area contributed by atoms with Gasteiger partial charge in [0.05, 0.1) is 7.11 Å². The molecule has 0 spiro atoms. The normalized spacial score (nSPS) is 12.3. The first-order valence-corrected chi connectivity index (χ1v) is 8.37. The second-order valence-electron chi connectivity index (χ2n) is 4.62. The van der Waals surface area contributed by atoms with Gasteiger partial charge in [-0.1, -0.05) is 34.1 Å². The molecule has 1 unspecified atom stereocenters. The molecule has 0 bridgehead atoms. The van der Waals surface area contributed by atoms with Gasteiger partial charge in [0.2, 0.25) is 0 Å². The first-order valence-electron chi connectivity index (χ1n) is 6.57. The predicted molar refractivity (Wildman–Crippen MR) is 86.7 cm³/mol. The zero-order chi connectivity index (χ0) is 13.5. The molecular formula is C16H19BrOS. The minimum atomic E-state index is 0.541. The van der Waals surface area contributed by atoms with E-state index in [0.717, 1.165) is 12.2 Å². The minimum Gasteiger partial charge on any atom is -0.497 e. The molecule has 1 aromatic carbocycles. The van der Waals surface area contributed by atoms with Gasteiger partial charge in [-0.05, 0) is 54.8 Å². The first kappa shape index (κ1) is 14.6. The summed E-state index contributed by atoms with van der Waals surface area (Å²) in [4.78, 5) is 2.03. The van der Waals surface area contributed by atoms with Crippen LogP contribution in [0, 0.1) is 0 Å². The van der Waals surface area contributed by atoms with Crippen LogP contribution < -0.4 is 4.74 Å². The molecule has 3 heteroatoms. The predicted octanol–water partition coefficient (Wildman–Crippen LogP) is 5.09. The van der Waals surface area contributed by atoms with E-state index in [1.807, 2.05) is 17.4 Å². The molecule has 102 valence electrons. The molecule has 19 heavy (non-hydrogen) atoms. The fraction of sp³-hybridized carbons (Fsp3) is 0.375. The van der Waals surface area contributed by atoms with Crippen molar-refractivity contribution in [2.45, 2.75) is 30.5 Å². The van der Waals surface area contributed by atoms with Crippen LogP contribution in [0.2, 0.25) is 0 Å². The Kier molecular flexibility index (Phi) is 5.93. The number of aryl methyl sites for hydroxylation is 1. The van der Waals surface area contributed by atoms with E-state index in [4.69, 9.17) is 4.74 Å². The highest BCUT2D eigenvalue weighted by atomic mass is 79.9. The molecule has 0 aliphatic carbocycles. The number of methoxy groups -OCH3 is 1. The van der Waals surface area contributed by atoms with Gasteiger partial charge in [0.15, 0.2) is 0 Å². The van der Waals surface area contributed by atoms with Crippen LogP contribution in [0.5, 0.6) is 5.75 Å². The van der Waals surface area contributed by atoms with Crippen molar-refractivity contribution < 1.29 is 4.74 Å². The topological polar surface area (TPSA) is 9.23 Å². The fourth-order valence-electron chi connectivity index (χ4n) is 2.11. The Morgan fingerprint density at radius 3 is 2.89 bits per heavy atom. The molecule has 1 atom stereocenters. The second kappa shape index (κ2) is 7.71. The van der Waals surface area contributed by atoms with E-state index in [2.05, 4.69) is 51.6 Å². The van der Waals surface area contributed by atoms with Crippen molar-refractivity contribution in [3.63, 3.8) is 0 Å². The largest absolute Gasteiger partial charge is 0.497 e. The molecule has 0 saturated heterocycles. The Hall–Kier alpha value is -0.800. The standard InChI is InChI=1S/C16H19BrOS/c1-18-15-7-2-5-13(12-15)11-14(17)6-3-8-16-9-4-10-19-16/h2,4-5,7,9-10,12,14H,3,6,8,11H2,1H3. The van der Waals surface area contributed by atoms with Crippen LogP contribution in [0.4, 0.5) is 0 Å². The summed E-state index contributed by atoms with van der Waals surface area (Å²) in [5.41, 5.74) is 1.33. The highest BCUT2D eigenvalue weighted by molar-refractivity contribution is 9.09. The smallest absolute Gasteiger partial charge is 0.119 e. The molecule has 0 amide bonds. The summed E-state index contributed by atoms with van der Waals surface area (Å²) < 4.78 is 5.25. The summed E-state index contributed by atoms with van der Waals surface area (Å²) in [7, 11) is 1.71. The van der Waals surface area contributed by atoms with Crippen LogP contribution >= 0.6 is 27.3 Å². The molecule has 1 nitrogen and oxygen atoms in total. The van der Waals surface area contributed by atoms with Gasteiger partial charge in [0, 0.05) is 9.70 Å². The van der Waals surface area contributed by atoms with E-state index in [0.29, 0.717) is 4.83 Å². The highest BCUT2D eigenvalue weighted by Crippen LogP contribution is 2.20. The van der Waals surface area contributed by atoms with E-state index < -0.39 is 0 Å². The van der Waals surface area contributed by atoms with Crippen molar-refractivity contribution >= 4 is 27.3 Å². The third kappa shape index (κ3) is 5.00. The van der Waals surface area contributed by atoms with Gasteiger partial charge >= 0.3 is 0 Å². The van der Waals surface area contributed by atoms with Crippen LogP contribution in [0.1, 0.15) is 23.3 Å². The Labute approximate surface area is 127 Å². The van der Waals surface area contributed by atoms with Crippen LogP contribution in [0.3, 0.4) is 0 Å². The van der Waals surface area contributed by atoms with Gasteiger partial charge in [0.25, 0.3) is 0 Å². The van der Waals surface area contributed by atoms with Crippen molar-refractivity contribution in [2.24, 2.45) is 0 Å². The van der Waals surface area contributed by atoms with Gasteiger partial charge in [-0.15, -0.1) is 11.3 Å². The average molecular weight is 339 g/mol. The molecule has 0 radical (unpaired) electrons. The zero-order valence-corrected chi connectivity index (χ0v) is 13.5. The SMILES string of the molecule is COc1cccc(CC(Br)CCCc2cccs2)c1. The number of ether oxygens (including phenoxy) is 1. The Balaban J connectivity index is 1.75. The monoisotopic (exact) mass is 338 g/mol. The molecule has 0 fully saturated rings. The van der Waals surface area contributed by atoms with Crippen LogP contribution in [-0.2, 0) is 12.8 Å². The lowest BCUT2D eigenvalue weighted by molar-refractivity contribution is 0.414. The van der Waals surface area contributed by atoms with E-state index in [-0.39, 0.29) is 0 Å². The number of alkyl halides is 1. The maximum Gasteiger partial charge on any atom is 0.119 e. The quantitative estimate of drug-likeness (QED) is 0.639. The molecule has 0 N–H and O–H groups in total. The average Bonchev–Trinajstić information content (AvgIpc) is 2.92. The summed E-state index contributed by atoms with van der Waals surface area (Å²) >= 11 is 5.64. The van der Waals surface area contributed by atoms with Crippen LogP contribution in [0.15, 0.2) is 41.8 Å². The van der Waals surface area contributed by atoms with Crippen molar-refractivity contribution in [1.29, 1.82) is 0 Å². The maximum absolute atomic E-state index is 5.25. The van der Waals surface area contributed by atoms with Gasteiger partial charge in [0.1, 0.15) is 5.75 Å². The van der Waals surface area contributed by atoms with E-state index in [1.54, 1.807) is 7.11 Å². The number of benzene rings is 1. The van der Waals surface area contributed by atoms with E-state index >= 15 is 0 Å². The summed E-state index contributed by atoms with van der Waals surface area (Å²) in [5, 5.41) is 2.15. The third-order valence-corrected chi connectivity index (χ3v) is 4.83. The molecule has 1 heterocycles. The van der Waals surface area contributed by atoms with Crippen molar-refractivity contribution in [3.8, 4) is 5.75 Å². The highest BCUT2D eigenvalue weighted by Gasteiger charge is 2.06. The van der Waals surface area contributed by atoms with E-state index in [9.17, 15) is 0 Å². The lowest BCUT2D eigenvalue weighted by Gasteiger charge is -2.10. The van der Waals surface area contributed by atoms with Crippen LogP contribution in [-0.4, -0.2) is 11.9 Å². The number of halogens is 1. The summed E-state index contributed by atoms with van der Waals surface area (Å²) in [6.45, 7) is 0. The molecule has 2 rings (SSSR count). The summed E-state index contributed by atoms with van der Waals surface area (Å²) in [6.07, 6.45) is 4.69. The zero-order valence-electron chi connectivity index (χ0n) is 11.1. The van der Waals surface area contributed by atoms with Crippen molar-refractivity contribution in [2.75, 3.05) is 7.11 Å². The number of hydrogen-bond donors (Lipinski definition) is 0. The lowest BCUT2D eigenvalue weighted by atomic mass is 10.1. The molecule has 0 saturated carbocycles. The van der Waals surface area contributed by atoms with Crippen molar-refractivity contribution in [1.82, 2.24) is 0 Å². The van der Waals surface area contributed by atoms with Gasteiger partial charge in [-0.25, -0.2) is 0 Å². The number of hydrogen-bond acceptors (Lipinski definition) is 2. The van der Waals surface area contributed by atoms with Gasteiger partial charge in [-0.2, -0.15) is 0 Å². The molecule has 1 aromatic heterocycles. The van der Waals surface area contributed by atoms with Crippen LogP contribution in [0.25, 0.3) is 0 Å². The summed E-state index contributed by atoms with van der Waals surface area (Å²) in [6, 6.07) is 12.7. The first-order chi connectivity index (χ1) is 9.28. The van der Waals surface area contributed by atoms with Gasteiger partial charge in [-0.3, -0.25) is 0 Å². The maximum atomic E-state index is 5.25. The number of thiophene rings is 1. The third-order valence-electron chi connectivity index (χ3n) is 3.11. The Bertz CT molecular complexity index is 481. The summed E-state index contributed by atoms with van der Waals surface area (Å²) in [5.74, 6) is 0.941. The molecule has 0 aliphatic rings. The fourth-order valence-corrected chi connectivity index (χ4v) is 3.56. The second-order valence-corrected chi connectivity index (χ2v) is 6.95. The Morgan fingerprint density at radius 2 is 2.16 bits per heavy atom. The van der Waals surface area contributed by atoms with E-state index in [1.165, 1.54) is 29.7 Å². The molecule has 0 aliphatic heterocycles. The lowest BCUT2D eigenvalue weighted by Crippen LogP contribution is -2.03. The van der Waals surface area contributed by atoms with Gasteiger partial charge < -0.3 is 4.74 Å².